The normalized spacial score (nSPS) is 16.2. The maximum Gasteiger partial charge on any atom is 0.310 e. The molecule has 1 aliphatic carbocycles. The summed E-state index contributed by atoms with van der Waals surface area (Å²) in [6, 6.07) is 4.86. The lowest BCUT2D eigenvalue weighted by Crippen LogP contribution is -2.30. The number of aliphatic hydroxyl groups is 1. The zero-order valence-corrected chi connectivity index (χ0v) is 11.8. The van der Waals surface area contributed by atoms with Gasteiger partial charge < -0.3 is 9.84 Å². The van der Waals surface area contributed by atoms with Crippen LogP contribution in [0.4, 0.5) is 5.69 Å². The molecule has 0 saturated heterocycles. The second kappa shape index (κ2) is 6.19. The largest absolute Gasteiger partial charge is 0.490 e. The molecule has 1 aromatic carbocycles. The zero-order valence-electron chi connectivity index (χ0n) is 11.8. The van der Waals surface area contributed by atoms with E-state index in [1.165, 1.54) is 13.2 Å². The molecule has 0 bridgehead atoms. The van der Waals surface area contributed by atoms with E-state index in [-0.39, 0.29) is 17.5 Å². The van der Waals surface area contributed by atoms with Crippen LogP contribution in [0.3, 0.4) is 0 Å². The number of ether oxygens (including phenoxy) is 1. The van der Waals surface area contributed by atoms with Gasteiger partial charge in [0.25, 0.3) is 0 Å². The van der Waals surface area contributed by atoms with Gasteiger partial charge in [0.05, 0.1) is 18.1 Å². The lowest BCUT2D eigenvalue weighted by molar-refractivity contribution is -0.385. The molecule has 0 spiro atoms. The van der Waals surface area contributed by atoms with Gasteiger partial charge in [0, 0.05) is 19.2 Å². The summed E-state index contributed by atoms with van der Waals surface area (Å²) in [5, 5.41) is 20.7. The molecule has 0 amide bonds. The molecule has 1 N–H and O–H groups in total. The van der Waals surface area contributed by atoms with Crippen molar-refractivity contribution >= 4 is 5.69 Å². The number of rotatable bonds is 7. The smallest absolute Gasteiger partial charge is 0.310 e. The van der Waals surface area contributed by atoms with E-state index in [1.807, 2.05) is 11.9 Å². The van der Waals surface area contributed by atoms with Crippen LogP contribution in [0.1, 0.15) is 18.4 Å². The van der Waals surface area contributed by atoms with Crippen molar-refractivity contribution < 1.29 is 14.8 Å². The van der Waals surface area contributed by atoms with E-state index in [4.69, 9.17) is 4.74 Å². The van der Waals surface area contributed by atoms with Crippen molar-refractivity contribution in [2.24, 2.45) is 5.92 Å². The lowest BCUT2D eigenvalue weighted by Gasteiger charge is -2.20. The minimum atomic E-state index is -0.455. The van der Waals surface area contributed by atoms with Crippen LogP contribution in [0, 0.1) is 16.0 Å². The molecule has 20 heavy (non-hydrogen) atoms. The number of likely N-dealkylation sites (N-methyl/N-ethyl adjacent to an activating group) is 1. The van der Waals surface area contributed by atoms with Gasteiger partial charge in [-0.3, -0.25) is 15.0 Å². The first-order valence-corrected chi connectivity index (χ1v) is 6.69. The van der Waals surface area contributed by atoms with Gasteiger partial charge in [-0.25, -0.2) is 0 Å². The van der Waals surface area contributed by atoms with Crippen LogP contribution in [0.25, 0.3) is 0 Å². The van der Waals surface area contributed by atoms with Crippen LogP contribution in [0.2, 0.25) is 0 Å². The minimum Gasteiger partial charge on any atom is -0.490 e. The van der Waals surface area contributed by atoms with Gasteiger partial charge in [-0.1, -0.05) is 6.07 Å². The van der Waals surface area contributed by atoms with Crippen molar-refractivity contribution in [2.75, 3.05) is 20.7 Å². The van der Waals surface area contributed by atoms with Crippen LogP contribution in [-0.2, 0) is 6.54 Å². The summed E-state index contributed by atoms with van der Waals surface area (Å²) >= 11 is 0. The third kappa shape index (κ3) is 3.68. The van der Waals surface area contributed by atoms with Gasteiger partial charge in [0.15, 0.2) is 5.75 Å². The summed E-state index contributed by atoms with van der Waals surface area (Å²) < 4.78 is 5.05. The molecule has 0 aromatic heterocycles. The van der Waals surface area contributed by atoms with Crippen LogP contribution < -0.4 is 4.74 Å². The van der Waals surface area contributed by atoms with E-state index >= 15 is 0 Å². The Bertz CT molecular complexity index is 488. The van der Waals surface area contributed by atoms with Crippen molar-refractivity contribution in [3.05, 3.63) is 33.9 Å². The fraction of sp³-hybridized carbons (Fsp3) is 0.571. The second-order valence-corrected chi connectivity index (χ2v) is 5.36. The van der Waals surface area contributed by atoms with Crippen molar-refractivity contribution in [2.45, 2.75) is 25.5 Å². The van der Waals surface area contributed by atoms with Crippen molar-refractivity contribution in [1.82, 2.24) is 4.90 Å². The average molecular weight is 280 g/mol. The average Bonchev–Trinajstić information content (AvgIpc) is 3.22. The van der Waals surface area contributed by atoms with Gasteiger partial charge in [-0.05, 0) is 37.4 Å². The highest BCUT2D eigenvalue weighted by molar-refractivity contribution is 5.48. The SMILES string of the molecule is COc1cc(CN(C)CC(O)C2CC2)ccc1[N+](=O)[O-]. The first-order chi connectivity index (χ1) is 9.51. The molecule has 2 rings (SSSR count). The number of methoxy groups -OCH3 is 1. The molecule has 0 radical (unpaired) electrons. The molecule has 6 heteroatoms. The molecule has 110 valence electrons. The number of hydrogen-bond donors (Lipinski definition) is 1. The molecular formula is C14H20N2O4. The predicted molar refractivity (Wildman–Crippen MR) is 74.7 cm³/mol. The van der Waals surface area contributed by atoms with E-state index in [2.05, 4.69) is 0 Å². The summed E-state index contributed by atoms with van der Waals surface area (Å²) in [5.74, 6) is 0.715. The third-order valence-electron chi connectivity index (χ3n) is 3.56. The molecule has 1 aliphatic rings. The van der Waals surface area contributed by atoms with E-state index in [0.29, 0.717) is 19.0 Å². The van der Waals surface area contributed by atoms with Gasteiger partial charge in [-0.2, -0.15) is 0 Å². The molecule has 1 atom stereocenters. The maximum absolute atomic E-state index is 10.8. The quantitative estimate of drug-likeness (QED) is 0.609. The molecule has 0 heterocycles. The fourth-order valence-electron chi connectivity index (χ4n) is 2.30. The summed E-state index contributed by atoms with van der Waals surface area (Å²) in [4.78, 5) is 12.4. The standard InChI is InChI=1S/C14H20N2O4/c1-15(9-13(17)11-4-5-11)8-10-3-6-12(16(18)19)14(7-10)20-2/h3,6-7,11,13,17H,4-5,8-9H2,1-2H3. The summed E-state index contributed by atoms with van der Waals surface area (Å²) in [6.07, 6.45) is 1.95. The number of benzene rings is 1. The molecular weight excluding hydrogens is 260 g/mol. The molecule has 6 nitrogen and oxygen atoms in total. The predicted octanol–water partition coefficient (Wildman–Crippen LogP) is 1.81. The maximum atomic E-state index is 10.8. The Morgan fingerprint density at radius 3 is 2.80 bits per heavy atom. The first-order valence-electron chi connectivity index (χ1n) is 6.69. The topological polar surface area (TPSA) is 75.8 Å². The van der Waals surface area contributed by atoms with Gasteiger partial charge >= 0.3 is 5.69 Å². The number of nitrogens with zero attached hydrogens (tertiary/aromatic N) is 2. The van der Waals surface area contributed by atoms with Gasteiger partial charge in [0.1, 0.15) is 0 Å². The highest BCUT2D eigenvalue weighted by Crippen LogP contribution is 2.33. The van der Waals surface area contributed by atoms with E-state index in [1.54, 1.807) is 12.1 Å². The van der Waals surface area contributed by atoms with Crippen LogP contribution in [-0.4, -0.2) is 41.7 Å². The summed E-state index contributed by atoms with van der Waals surface area (Å²) in [5.41, 5.74) is 0.898. The number of aliphatic hydroxyl groups excluding tert-OH is 1. The van der Waals surface area contributed by atoms with E-state index in [0.717, 1.165) is 18.4 Å². The molecule has 0 aliphatic heterocycles. The fourth-order valence-corrected chi connectivity index (χ4v) is 2.30. The van der Waals surface area contributed by atoms with Gasteiger partial charge in [0.2, 0.25) is 0 Å². The third-order valence-corrected chi connectivity index (χ3v) is 3.56. The Morgan fingerprint density at radius 2 is 2.25 bits per heavy atom. The first kappa shape index (κ1) is 14.7. The van der Waals surface area contributed by atoms with Crippen LogP contribution >= 0.6 is 0 Å². The van der Waals surface area contributed by atoms with Crippen molar-refractivity contribution in [3.63, 3.8) is 0 Å². The zero-order chi connectivity index (χ0) is 14.7. The Hall–Kier alpha value is -1.66. The van der Waals surface area contributed by atoms with Crippen LogP contribution in [0.5, 0.6) is 5.75 Å². The van der Waals surface area contributed by atoms with Crippen LogP contribution in [0.15, 0.2) is 18.2 Å². The Kier molecular flexibility index (Phi) is 4.57. The summed E-state index contributed by atoms with van der Waals surface area (Å²) in [7, 11) is 3.35. The Balaban J connectivity index is 1.99. The minimum absolute atomic E-state index is 0.0306. The van der Waals surface area contributed by atoms with Crippen molar-refractivity contribution in [1.29, 1.82) is 0 Å². The van der Waals surface area contributed by atoms with E-state index < -0.39 is 4.92 Å². The molecule has 1 fully saturated rings. The Labute approximate surface area is 118 Å². The molecule has 1 saturated carbocycles. The number of nitro groups is 1. The van der Waals surface area contributed by atoms with E-state index in [9.17, 15) is 15.2 Å². The molecule has 1 unspecified atom stereocenters. The summed E-state index contributed by atoms with van der Waals surface area (Å²) in [6.45, 7) is 1.24. The molecule has 1 aromatic rings. The highest BCUT2D eigenvalue weighted by Gasteiger charge is 2.30. The number of hydrogen-bond acceptors (Lipinski definition) is 5. The Morgan fingerprint density at radius 1 is 1.55 bits per heavy atom. The van der Waals surface area contributed by atoms with Gasteiger partial charge in [-0.15, -0.1) is 0 Å². The lowest BCUT2D eigenvalue weighted by atomic mass is 10.1. The van der Waals surface area contributed by atoms with Crippen molar-refractivity contribution in [3.8, 4) is 5.75 Å². The monoisotopic (exact) mass is 280 g/mol. The highest BCUT2D eigenvalue weighted by atomic mass is 16.6. The second-order valence-electron chi connectivity index (χ2n) is 5.36. The number of nitro benzene ring substituents is 1.